The van der Waals surface area contributed by atoms with E-state index in [0.717, 1.165) is 16.9 Å². The Morgan fingerprint density at radius 3 is 2.24 bits per heavy atom. The first-order valence-electron chi connectivity index (χ1n) is 13.3. The molecular formula is C24H33FN5O11P. The zero-order valence-electron chi connectivity index (χ0n) is 25.6. The van der Waals surface area contributed by atoms with Crippen LogP contribution in [0.2, 0.25) is 0 Å². The predicted octanol–water partition coefficient (Wildman–Crippen LogP) is 1.54. The molecule has 4 atom stereocenters. The molecular weight excluding hydrogens is 584 g/mol. The van der Waals surface area contributed by atoms with Crippen LogP contribution in [0.4, 0.5) is 10.2 Å². The second kappa shape index (κ2) is 12.2. The molecule has 0 spiro atoms. The highest BCUT2D eigenvalue weighted by atomic mass is 31.2. The van der Waals surface area contributed by atoms with Crippen molar-refractivity contribution in [2.75, 3.05) is 25.9 Å². The van der Waals surface area contributed by atoms with Gasteiger partial charge in [0.2, 0.25) is 19.2 Å². The van der Waals surface area contributed by atoms with Gasteiger partial charge in [-0.25, -0.2) is 27.5 Å². The van der Waals surface area contributed by atoms with Gasteiger partial charge < -0.3 is 30.2 Å². The van der Waals surface area contributed by atoms with Gasteiger partial charge in [-0.15, -0.1) is 0 Å². The normalized spacial score (nSPS) is 24.1. The molecule has 3 heterocycles. The number of nitrogen functional groups attached to an aromatic ring is 1. The number of carbonyl (C=O) groups is 2. The standard InChI is InChI=1S/C24H33FN5O11P/c1-22(2,3)20(33)36-11-39-42(35,40-12-37-21(34)23(4,5)6)38-8-14-17(31)18(32)24(9-26,41-14)15-7-13(25)16-19(27)28-10-29-30(15)16/h7,10,14,17-18,31-32H,8,11-12H2,1-6H3,(H2,27,28,29)/t14-,17-,18-,24+/m1/s1/i8D2. The maximum absolute atomic E-state index is 14.8. The largest absolute Gasteiger partial charge is 0.480 e. The van der Waals surface area contributed by atoms with Crippen molar-refractivity contribution in [2.24, 2.45) is 10.8 Å². The summed E-state index contributed by atoms with van der Waals surface area (Å²) in [6.45, 7) is 3.50. The Hall–Kier alpha value is -3.23. The maximum atomic E-state index is 14.8. The first-order valence-corrected chi connectivity index (χ1v) is 13.7. The molecule has 18 heteroatoms. The second-order valence-corrected chi connectivity index (χ2v) is 12.7. The Kier molecular flexibility index (Phi) is 8.76. The Labute approximate surface area is 242 Å². The molecule has 42 heavy (non-hydrogen) atoms. The van der Waals surface area contributed by atoms with E-state index in [0.29, 0.717) is 0 Å². The van der Waals surface area contributed by atoms with Crippen molar-refractivity contribution in [1.82, 2.24) is 14.6 Å². The van der Waals surface area contributed by atoms with Crippen LogP contribution in [0.3, 0.4) is 0 Å². The van der Waals surface area contributed by atoms with E-state index in [-0.39, 0.29) is 5.82 Å². The first-order chi connectivity index (χ1) is 20.1. The van der Waals surface area contributed by atoms with E-state index in [9.17, 15) is 34.0 Å². The SMILES string of the molecule is [2H]C([2H])(OP(=O)(OCOC(=O)C(C)(C)C)OCOC(=O)C(C)(C)C)[C@H]1O[C@@](C#N)(c2cc(F)c3c(N)ncnn23)[C@H](O)[C@@H]1O. The number of ether oxygens (including phenoxy) is 3. The molecule has 1 fully saturated rings. The van der Waals surface area contributed by atoms with Crippen LogP contribution in [-0.2, 0) is 47.5 Å². The van der Waals surface area contributed by atoms with E-state index in [1.54, 1.807) is 6.07 Å². The van der Waals surface area contributed by atoms with Crippen LogP contribution < -0.4 is 5.73 Å². The van der Waals surface area contributed by atoms with Crippen molar-refractivity contribution in [3.8, 4) is 6.07 Å². The Morgan fingerprint density at radius 1 is 1.19 bits per heavy atom. The molecule has 1 saturated heterocycles. The van der Waals surface area contributed by atoms with Gasteiger partial charge in [0, 0.05) is 6.07 Å². The lowest BCUT2D eigenvalue weighted by Crippen LogP contribution is -2.41. The fourth-order valence-corrected chi connectivity index (χ4v) is 4.19. The summed E-state index contributed by atoms with van der Waals surface area (Å²) in [6, 6.07) is 2.32. The lowest BCUT2D eigenvalue weighted by atomic mass is 9.92. The number of nitrogens with two attached hydrogens (primary N) is 1. The molecule has 0 bridgehead atoms. The minimum Gasteiger partial charge on any atom is -0.437 e. The fraction of sp³-hybridized carbons (Fsp3) is 0.625. The number of anilines is 1. The van der Waals surface area contributed by atoms with Crippen LogP contribution in [0.1, 0.15) is 50.0 Å². The number of hydrogen-bond donors (Lipinski definition) is 3. The minimum absolute atomic E-state index is 0.338. The number of rotatable bonds is 10. The van der Waals surface area contributed by atoms with Crippen molar-refractivity contribution < 1.29 is 59.3 Å². The number of halogens is 1. The molecule has 0 unspecified atom stereocenters. The summed E-state index contributed by atoms with van der Waals surface area (Å²) >= 11 is 0. The lowest BCUT2D eigenvalue weighted by Gasteiger charge is -2.24. The van der Waals surface area contributed by atoms with Gasteiger partial charge >= 0.3 is 19.8 Å². The van der Waals surface area contributed by atoms with Crippen LogP contribution >= 0.6 is 7.82 Å². The summed E-state index contributed by atoms with van der Waals surface area (Å²) in [4.78, 5) is 27.9. The van der Waals surface area contributed by atoms with E-state index < -0.39 is 91.7 Å². The smallest absolute Gasteiger partial charge is 0.437 e. The number of esters is 2. The fourth-order valence-electron chi connectivity index (χ4n) is 3.42. The average molecular weight is 620 g/mol. The zero-order valence-corrected chi connectivity index (χ0v) is 24.5. The molecule has 0 aromatic carbocycles. The molecule has 0 amide bonds. The van der Waals surface area contributed by atoms with Gasteiger partial charge in [0.1, 0.15) is 36.2 Å². The van der Waals surface area contributed by atoms with Crippen LogP contribution in [0.15, 0.2) is 12.4 Å². The van der Waals surface area contributed by atoms with Gasteiger partial charge in [0.05, 0.1) is 25.8 Å². The third kappa shape index (κ3) is 6.87. The Morgan fingerprint density at radius 2 is 1.74 bits per heavy atom. The molecule has 3 rings (SSSR count). The van der Waals surface area contributed by atoms with Crippen molar-refractivity contribution in [2.45, 2.75) is 65.5 Å². The number of fused-ring (bicyclic) bond motifs is 1. The van der Waals surface area contributed by atoms with Crippen LogP contribution in [-0.4, -0.2) is 75.2 Å². The van der Waals surface area contributed by atoms with Gasteiger partial charge in [-0.3, -0.25) is 14.1 Å². The number of carbonyl (C=O) groups excluding carboxylic acids is 2. The van der Waals surface area contributed by atoms with Crippen molar-refractivity contribution in [1.29, 1.82) is 5.26 Å². The van der Waals surface area contributed by atoms with E-state index >= 15 is 0 Å². The number of nitrogens with zero attached hydrogens (tertiary/aromatic N) is 4. The van der Waals surface area contributed by atoms with Crippen LogP contribution in [0.5, 0.6) is 0 Å². The monoisotopic (exact) mass is 619 g/mol. The van der Waals surface area contributed by atoms with Crippen molar-refractivity contribution in [3.05, 3.63) is 23.9 Å². The summed E-state index contributed by atoms with van der Waals surface area (Å²) in [5, 5.41) is 35.6. The Balaban J connectivity index is 1.92. The highest BCUT2D eigenvalue weighted by molar-refractivity contribution is 7.48. The molecule has 1 aliphatic rings. The van der Waals surface area contributed by atoms with E-state index in [4.69, 9.17) is 36.3 Å². The van der Waals surface area contributed by atoms with E-state index in [1.807, 2.05) is 0 Å². The highest BCUT2D eigenvalue weighted by Crippen LogP contribution is 2.51. The number of aliphatic hydroxyl groups excluding tert-OH is 2. The summed E-state index contributed by atoms with van der Waals surface area (Å²) in [7, 11) is -5.21. The summed E-state index contributed by atoms with van der Waals surface area (Å²) in [5.41, 5.74) is 0.106. The Bertz CT molecular complexity index is 1470. The van der Waals surface area contributed by atoms with Crippen molar-refractivity contribution in [3.63, 3.8) is 0 Å². The molecule has 2 aromatic heterocycles. The molecule has 0 aliphatic carbocycles. The van der Waals surface area contributed by atoms with Crippen molar-refractivity contribution >= 4 is 31.1 Å². The van der Waals surface area contributed by atoms with E-state index in [1.165, 1.54) is 41.5 Å². The van der Waals surface area contributed by atoms with Gasteiger partial charge in [-0.1, -0.05) is 0 Å². The topological polar surface area (TPSA) is 227 Å². The quantitative estimate of drug-likeness (QED) is 0.195. The zero-order chi connectivity index (χ0) is 33.5. The van der Waals surface area contributed by atoms with Gasteiger partial charge in [-0.05, 0) is 41.5 Å². The number of nitriles is 1. The van der Waals surface area contributed by atoms with Gasteiger partial charge in [0.15, 0.2) is 11.6 Å². The molecule has 2 aromatic rings. The number of aromatic nitrogens is 3. The number of phosphoric acid groups is 1. The maximum Gasteiger partial charge on any atom is 0.480 e. The third-order valence-electron chi connectivity index (χ3n) is 5.75. The number of hydrogen-bond acceptors (Lipinski definition) is 15. The predicted molar refractivity (Wildman–Crippen MR) is 138 cm³/mol. The molecule has 232 valence electrons. The lowest BCUT2D eigenvalue weighted by molar-refractivity contribution is -0.163. The molecule has 0 saturated carbocycles. The molecule has 1 aliphatic heterocycles. The van der Waals surface area contributed by atoms with Gasteiger partial charge in [0.25, 0.3) is 0 Å². The average Bonchev–Trinajstić information content (AvgIpc) is 3.38. The molecule has 0 radical (unpaired) electrons. The minimum atomic E-state index is -5.21. The third-order valence-corrected chi connectivity index (χ3v) is 6.93. The van der Waals surface area contributed by atoms with Crippen LogP contribution in [0, 0.1) is 28.0 Å². The summed E-state index contributed by atoms with van der Waals surface area (Å²) in [6.07, 6.45) is -5.94. The van der Waals surface area contributed by atoms with Crippen LogP contribution in [0.25, 0.3) is 5.52 Å². The number of phosphoric ester groups is 1. The second-order valence-electron chi connectivity index (χ2n) is 11.1. The highest BCUT2D eigenvalue weighted by Gasteiger charge is 2.58. The van der Waals surface area contributed by atoms with Gasteiger partial charge in [-0.2, -0.15) is 10.4 Å². The molecule has 16 nitrogen and oxygen atoms in total. The number of aliphatic hydroxyl groups is 2. The first kappa shape index (κ1) is 30.2. The summed E-state index contributed by atoms with van der Waals surface area (Å²) < 4.78 is 76.0. The summed E-state index contributed by atoms with van der Waals surface area (Å²) in [5.74, 6) is -2.98. The molecule has 4 N–H and O–H groups in total. The van der Waals surface area contributed by atoms with E-state index in [2.05, 4.69) is 10.1 Å².